The van der Waals surface area contributed by atoms with Gasteiger partial charge in [0.25, 0.3) is 0 Å². The molecule has 0 unspecified atom stereocenters. The Bertz CT molecular complexity index is 144. The summed E-state index contributed by atoms with van der Waals surface area (Å²) in [5, 5.41) is 0. The van der Waals surface area contributed by atoms with E-state index in [-0.39, 0.29) is 0 Å². The van der Waals surface area contributed by atoms with Crippen LogP contribution in [-0.4, -0.2) is 11.8 Å². The van der Waals surface area contributed by atoms with E-state index in [9.17, 15) is 4.79 Å². The van der Waals surface area contributed by atoms with Crippen molar-refractivity contribution < 1.29 is 4.79 Å². The number of carbonyl (C=O) groups excluding carboxylic acids is 1. The fourth-order valence-corrected chi connectivity index (χ4v) is 1.92. The quantitative estimate of drug-likeness (QED) is 0.656. The van der Waals surface area contributed by atoms with E-state index < -0.39 is 0 Å². The number of rotatable bonds is 2. The molecule has 0 aromatic heterocycles. The van der Waals surface area contributed by atoms with Crippen molar-refractivity contribution in [1.82, 2.24) is 0 Å². The van der Waals surface area contributed by atoms with Gasteiger partial charge in [0, 0.05) is 12.5 Å². The van der Waals surface area contributed by atoms with Crippen molar-refractivity contribution in [2.45, 2.75) is 45.1 Å². The summed E-state index contributed by atoms with van der Waals surface area (Å²) in [5.74, 6) is 0.889. The van der Waals surface area contributed by atoms with Crippen LogP contribution in [0, 0.1) is 5.92 Å². The largest absolute Gasteiger partial charge is 0.328 e. The molecule has 1 saturated carbocycles. The molecule has 2 atom stereocenters. The predicted molar refractivity (Wildman–Crippen MR) is 45.2 cm³/mol. The summed E-state index contributed by atoms with van der Waals surface area (Å²) < 4.78 is 0. The van der Waals surface area contributed by atoms with Gasteiger partial charge in [0.15, 0.2) is 0 Å². The first-order chi connectivity index (χ1) is 5.18. The van der Waals surface area contributed by atoms with Gasteiger partial charge in [-0.2, -0.15) is 0 Å². The van der Waals surface area contributed by atoms with E-state index in [4.69, 9.17) is 5.73 Å². The lowest BCUT2D eigenvalue weighted by Gasteiger charge is -2.25. The molecular formula is C9H17NO. The number of hydrogen-bond donors (Lipinski definition) is 1. The van der Waals surface area contributed by atoms with E-state index in [1.54, 1.807) is 6.92 Å². The fourth-order valence-electron chi connectivity index (χ4n) is 1.92. The Hall–Kier alpha value is -0.370. The van der Waals surface area contributed by atoms with Crippen LogP contribution in [0.1, 0.15) is 39.0 Å². The van der Waals surface area contributed by atoms with Crippen molar-refractivity contribution in [3.8, 4) is 0 Å². The highest BCUT2D eigenvalue weighted by Crippen LogP contribution is 2.25. The molecule has 2 heteroatoms. The Kier molecular flexibility index (Phi) is 3.06. The van der Waals surface area contributed by atoms with Crippen molar-refractivity contribution >= 4 is 5.78 Å². The summed E-state index contributed by atoms with van der Waals surface area (Å²) in [5.41, 5.74) is 5.79. The molecular weight excluding hydrogens is 138 g/mol. The molecule has 1 fully saturated rings. The summed E-state index contributed by atoms with van der Waals surface area (Å²) in [6, 6.07) is 0.355. The minimum atomic E-state index is 0.309. The minimum absolute atomic E-state index is 0.309. The average Bonchev–Trinajstić information content (AvgIpc) is 1.85. The van der Waals surface area contributed by atoms with Crippen molar-refractivity contribution in [2.75, 3.05) is 0 Å². The van der Waals surface area contributed by atoms with E-state index in [0.717, 1.165) is 19.3 Å². The maximum Gasteiger partial charge on any atom is 0.130 e. The van der Waals surface area contributed by atoms with Crippen LogP contribution in [0.4, 0.5) is 0 Å². The molecule has 0 amide bonds. The Morgan fingerprint density at radius 2 is 2.27 bits per heavy atom. The Labute approximate surface area is 68.2 Å². The van der Waals surface area contributed by atoms with E-state index in [1.807, 2.05) is 0 Å². The van der Waals surface area contributed by atoms with Crippen LogP contribution in [0.2, 0.25) is 0 Å². The lowest BCUT2D eigenvalue weighted by atomic mass is 9.83. The molecule has 0 bridgehead atoms. The number of Topliss-reactive ketones (excluding diaryl/α,β-unsaturated/α-hetero) is 1. The number of ketones is 1. The summed E-state index contributed by atoms with van der Waals surface area (Å²) in [6.07, 6.45) is 5.36. The molecule has 0 aromatic carbocycles. The van der Waals surface area contributed by atoms with Gasteiger partial charge < -0.3 is 10.5 Å². The molecule has 1 aliphatic rings. The standard InChI is InChI=1S/C9H17NO/c1-7(11)5-8-3-2-4-9(10)6-8/h8-9H,2-6,10H2,1H3/t8-,9-/m0/s1. The predicted octanol–water partition coefficient (Wildman–Crippen LogP) is 1.48. The minimum Gasteiger partial charge on any atom is -0.328 e. The Balaban J connectivity index is 2.28. The molecule has 1 aliphatic carbocycles. The van der Waals surface area contributed by atoms with Crippen molar-refractivity contribution in [3.05, 3.63) is 0 Å². The maximum absolute atomic E-state index is 10.8. The topological polar surface area (TPSA) is 43.1 Å². The normalized spacial score (nSPS) is 31.8. The molecule has 0 aromatic rings. The van der Waals surface area contributed by atoms with Crippen molar-refractivity contribution in [1.29, 1.82) is 0 Å². The van der Waals surface area contributed by atoms with E-state index >= 15 is 0 Å². The molecule has 0 heterocycles. The summed E-state index contributed by atoms with van der Waals surface area (Å²) in [7, 11) is 0. The molecule has 1 rings (SSSR count). The van der Waals surface area contributed by atoms with Crippen LogP contribution in [0.5, 0.6) is 0 Å². The fraction of sp³-hybridized carbons (Fsp3) is 0.889. The third-order valence-corrected chi connectivity index (χ3v) is 2.40. The SMILES string of the molecule is CC(=O)C[C@@H]1CCC[C@H](N)C1. The van der Waals surface area contributed by atoms with Crippen LogP contribution in [0.15, 0.2) is 0 Å². The van der Waals surface area contributed by atoms with Crippen LogP contribution in [0.25, 0.3) is 0 Å². The smallest absolute Gasteiger partial charge is 0.130 e. The zero-order valence-electron chi connectivity index (χ0n) is 7.18. The second kappa shape index (κ2) is 3.86. The van der Waals surface area contributed by atoms with Gasteiger partial charge in [-0.05, 0) is 32.1 Å². The van der Waals surface area contributed by atoms with Gasteiger partial charge in [0.2, 0.25) is 0 Å². The lowest BCUT2D eigenvalue weighted by molar-refractivity contribution is -0.118. The van der Waals surface area contributed by atoms with Crippen LogP contribution in [0.3, 0.4) is 0 Å². The third-order valence-electron chi connectivity index (χ3n) is 2.40. The molecule has 0 radical (unpaired) electrons. The van der Waals surface area contributed by atoms with Gasteiger partial charge in [-0.15, -0.1) is 0 Å². The number of carbonyl (C=O) groups is 1. The van der Waals surface area contributed by atoms with Crippen LogP contribution < -0.4 is 5.73 Å². The first-order valence-electron chi connectivity index (χ1n) is 4.43. The first kappa shape index (κ1) is 8.72. The van der Waals surface area contributed by atoms with Gasteiger partial charge in [0.1, 0.15) is 5.78 Å². The second-order valence-corrected chi connectivity index (χ2v) is 3.70. The van der Waals surface area contributed by atoms with E-state index in [0.29, 0.717) is 17.7 Å². The summed E-state index contributed by atoms with van der Waals surface area (Å²) in [6.45, 7) is 1.67. The number of hydrogen-bond acceptors (Lipinski definition) is 2. The lowest BCUT2D eigenvalue weighted by Crippen LogP contribution is -2.28. The molecule has 0 spiro atoms. The zero-order valence-corrected chi connectivity index (χ0v) is 7.18. The molecule has 0 aliphatic heterocycles. The molecule has 2 N–H and O–H groups in total. The zero-order chi connectivity index (χ0) is 8.27. The van der Waals surface area contributed by atoms with Crippen LogP contribution >= 0.6 is 0 Å². The van der Waals surface area contributed by atoms with E-state index in [1.165, 1.54) is 12.8 Å². The molecule has 2 nitrogen and oxygen atoms in total. The highest BCUT2D eigenvalue weighted by molar-refractivity contribution is 5.75. The summed E-state index contributed by atoms with van der Waals surface area (Å²) >= 11 is 0. The van der Waals surface area contributed by atoms with Crippen molar-refractivity contribution in [2.24, 2.45) is 11.7 Å². The molecule has 11 heavy (non-hydrogen) atoms. The second-order valence-electron chi connectivity index (χ2n) is 3.70. The van der Waals surface area contributed by atoms with Crippen LogP contribution in [-0.2, 0) is 4.79 Å². The highest BCUT2D eigenvalue weighted by Gasteiger charge is 2.19. The Morgan fingerprint density at radius 1 is 1.55 bits per heavy atom. The van der Waals surface area contributed by atoms with Gasteiger partial charge in [0.05, 0.1) is 0 Å². The third kappa shape index (κ3) is 3.02. The number of nitrogens with two attached hydrogens (primary N) is 1. The van der Waals surface area contributed by atoms with Gasteiger partial charge in [-0.1, -0.05) is 6.42 Å². The maximum atomic E-state index is 10.8. The first-order valence-corrected chi connectivity index (χ1v) is 4.43. The Morgan fingerprint density at radius 3 is 2.82 bits per heavy atom. The van der Waals surface area contributed by atoms with Crippen molar-refractivity contribution in [3.63, 3.8) is 0 Å². The monoisotopic (exact) mass is 155 g/mol. The van der Waals surface area contributed by atoms with E-state index in [2.05, 4.69) is 0 Å². The molecule has 0 saturated heterocycles. The average molecular weight is 155 g/mol. The van der Waals surface area contributed by atoms with Gasteiger partial charge in [-0.3, -0.25) is 0 Å². The summed E-state index contributed by atoms with van der Waals surface area (Å²) in [4.78, 5) is 10.8. The molecule has 64 valence electrons. The van der Waals surface area contributed by atoms with Gasteiger partial charge >= 0.3 is 0 Å². The van der Waals surface area contributed by atoms with Gasteiger partial charge in [-0.25, -0.2) is 0 Å². The highest BCUT2D eigenvalue weighted by atomic mass is 16.1.